The number of aromatic amines is 1. The van der Waals surface area contributed by atoms with Crippen molar-refractivity contribution in [1.82, 2.24) is 14.6 Å². The van der Waals surface area contributed by atoms with Crippen molar-refractivity contribution in [2.75, 3.05) is 19.6 Å². The van der Waals surface area contributed by atoms with Gasteiger partial charge < -0.3 is 15.0 Å². The zero-order valence-corrected chi connectivity index (χ0v) is 23.4. The van der Waals surface area contributed by atoms with Crippen molar-refractivity contribution in [1.29, 1.82) is 5.26 Å². The second-order valence-corrected chi connectivity index (χ2v) is 11.3. The fourth-order valence-electron chi connectivity index (χ4n) is 4.43. The van der Waals surface area contributed by atoms with Gasteiger partial charge in [-0.1, -0.05) is 62.7 Å². The van der Waals surface area contributed by atoms with Crippen molar-refractivity contribution in [3.63, 3.8) is 0 Å². The number of H-pyrrole nitrogens is 1. The molecule has 39 heavy (non-hydrogen) atoms. The van der Waals surface area contributed by atoms with Crippen LogP contribution in [0.4, 0.5) is 0 Å². The lowest BCUT2D eigenvalue weighted by Gasteiger charge is -2.33. The number of para-hydroxylation sites is 1. The molecule has 0 spiro atoms. The van der Waals surface area contributed by atoms with Crippen molar-refractivity contribution in [3.8, 4) is 17.6 Å². The molecule has 206 valence electrons. The third-order valence-corrected chi connectivity index (χ3v) is 8.44. The van der Waals surface area contributed by atoms with Gasteiger partial charge in [-0.05, 0) is 54.4 Å². The van der Waals surface area contributed by atoms with E-state index in [9.17, 15) is 13.7 Å². The molecule has 1 aliphatic heterocycles. The molecule has 0 amide bonds. The van der Waals surface area contributed by atoms with Crippen LogP contribution in [0.15, 0.2) is 71.8 Å². The molecule has 0 radical (unpaired) electrons. The Bertz CT molecular complexity index is 1560. The smallest absolute Gasteiger partial charge is 0.246 e. The fraction of sp³-hybridized carbons (Fsp3) is 0.276. The van der Waals surface area contributed by atoms with Crippen LogP contribution in [0.2, 0.25) is 10.0 Å². The summed E-state index contributed by atoms with van der Waals surface area (Å²) in [6, 6.07) is 18.9. The third kappa shape index (κ3) is 6.93. The molecule has 2 heterocycles. The van der Waals surface area contributed by atoms with Crippen LogP contribution in [0.3, 0.4) is 0 Å². The van der Waals surface area contributed by atoms with E-state index in [-0.39, 0.29) is 36.2 Å². The minimum atomic E-state index is -3.98. The summed E-state index contributed by atoms with van der Waals surface area (Å²) in [4.78, 5) is 3.19. The van der Waals surface area contributed by atoms with E-state index in [1.807, 2.05) is 44.3 Å². The van der Waals surface area contributed by atoms with E-state index < -0.39 is 10.0 Å². The van der Waals surface area contributed by atoms with Crippen LogP contribution in [0, 0.1) is 11.3 Å². The van der Waals surface area contributed by atoms with Crippen LogP contribution in [-0.2, 0) is 16.4 Å². The van der Waals surface area contributed by atoms with Gasteiger partial charge in [0.1, 0.15) is 16.4 Å². The van der Waals surface area contributed by atoms with Crippen molar-refractivity contribution < 1.29 is 13.2 Å². The number of aromatic nitrogens is 1. The molecule has 2 N–H and O–H groups in total. The average molecular weight is 588 g/mol. The molecule has 0 saturated carbocycles. The van der Waals surface area contributed by atoms with Crippen LogP contribution in [0.1, 0.15) is 32.4 Å². The van der Waals surface area contributed by atoms with E-state index in [1.165, 1.54) is 22.5 Å². The van der Waals surface area contributed by atoms with Crippen molar-refractivity contribution >= 4 is 44.1 Å². The summed E-state index contributed by atoms with van der Waals surface area (Å²) in [5.74, 6) is 0.394. The van der Waals surface area contributed by atoms with E-state index in [4.69, 9.17) is 27.9 Å². The van der Waals surface area contributed by atoms with E-state index in [2.05, 4.69) is 16.4 Å². The first-order chi connectivity index (χ1) is 18.3. The lowest BCUT2D eigenvalue weighted by atomic mass is 10.0. The summed E-state index contributed by atoms with van der Waals surface area (Å²) in [6.07, 6.45) is 2.64. The highest BCUT2D eigenvalue weighted by atomic mass is 35.5. The normalized spacial score (nSPS) is 15.5. The third-order valence-electron chi connectivity index (χ3n) is 6.11. The van der Waals surface area contributed by atoms with Crippen LogP contribution < -0.4 is 10.1 Å². The summed E-state index contributed by atoms with van der Waals surface area (Å²) >= 11 is 12.2. The second-order valence-electron chi connectivity index (χ2n) is 8.56. The highest BCUT2D eigenvalue weighted by molar-refractivity contribution is 7.89. The van der Waals surface area contributed by atoms with Crippen LogP contribution >= 0.6 is 23.2 Å². The summed E-state index contributed by atoms with van der Waals surface area (Å²) in [7, 11) is -3.98. The predicted molar refractivity (Wildman–Crippen MR) is 158 cm³/mol. The van der Waals surface area contributed by atoms with E-state index >= 15 is 0 Å². The Labute approximate surface area is 240 Å². The maximum Gasteiger partial charge on any atom is 0.246 e. The first-order valence-corrected chi connectivity index (χ1v) is 14.5. The number of hydrogen-bond acceptors (Lipinski definition) is 5. The number of nitrogens with zero attached hydrogens (tertiary/aromatic N) is 2. The molecule has 7 nitrogen and oxygen atoms in total. The quantitative estimate of drug-likeness (QED) is 0.253. The average Bonchev–Trinajstić information content (AvgIpc) is 3.32. The van der Waals surface area contributed by atoms with Crippen molar-refractivity contribution in [3.05, 3.63) is 88.0 Å². The zero-order valence-electron chi connectivity index (χ0n) is 21.0. The maximum atomic E-state index is 13.8. The Morgan fingerprint density at radius 3 is 2.51 bits per heavy atom. The molecule has 5 rings (SSSR count). The molecule has 10 heteroatoms. The molecule has 4 aromatic rings. The molecule has 0 aliphatic carbocycles. The predicted octanol–water partition coefficient (Wildman–Crippen LogP) is 7.01. The number of benzene rings is 3. The largest absolute Gasteiger partial charge is 0.456 e. The summed E-state index contributed by atoms with van der Waals surface area (Å²) in [5, 5.41) is 14.7. The van der Waals surface area contributed by atoms with Gasteiger partial charge in [0.2, 0.25) is 10.0 Å². The summed E-state index contributed by atoms with van der Waals surface area (Å²) < 4.78 is 35.0. The lowest BCUT2D eigenvalue weighted by Crippen LogP contribution is -2.53. The number of ether oxygens (including phenoxy) is 1. The highest BCUT2D eigenvalue weighted by Gasteiger charge is 2.33. The Morgan fingerprint density at radius 1 is 1.08 bits per heavy atom. The number of sulfonamides is 1. The van der Waals surface area contributed by atoms with Gasteiger partial charge in [-0.25, -0.2) is 8.42 Å². The van der Waals surface area contributed by atoms with Gasteiger partial charge in [-0.15, -0.1) is 0 Å². The Balaban J connectivity index is 0.00000137. The number of nitrogens with one attached hydrogen (secondary N) is 2. The molecule has 1 saturated heterocycles. The molecular formula is C29H32Cl2N4O3S. The summed E-state index contributed by atoms with van der Waals surface area (Å²) in [5.41, 5.74) is 2.38. The standard InChI is InChI=1S/C26H22Cl2N4O3S.C2H6.CH4/c27-19-11-20(28)13-22(12-19)35-25-6-5-17(14-29)9-26(25)36(33,34)32-8-7-30-21(16-32)10-18-15-31-24-4-2-1-3-23(18)24;1-2;/h1-6,9,11-13,15,21,30-31H,7-8,10,16H2;1-2H3;1H4. The number of piperazine rings is 1. The van der Waals surface area contributed by atoms with E-state index in [0.717, 1.165) is 16.5 Å². The molecule has 1 aromatic heterocycles. The van der Waals surface area contributed by atoms with E-state index in [1.54, 1.807) is 18.2 Å². The number of nitriles is 1. The maximum absolute atomic E-state index is 13.8. The van der Waals surface area contributed by atoms with E-state index in [0.29, 0.717) is 35.3 Å². The van der Waals surface area contributed by atoms with Gasteiger partial charge in [0, 0.05) is 52.8 Å². The number of fused-ring (bicyclic) bond motifs is 1. The zero-order chi connectivity index (χ0) is 27.3. The van der Waals surface area contributed by atoms with Crippen LogP contribution in [0.5, 0.6) is 11.5 Å². The second kappa shape index (κ2) is 13.3. The van der Waals surface area contributed by atoms with Gasteiger partial charge in [-0.2, -0.15) is 9.57 Å². The minimum Gasteiger partial charge on any atom is -0.456 e. The van der Waals surface area contributed by atoms with Crippen LogP contribution in [0.25, 0.3) is 10.9 Å². The number of hydrogen-bond donors (Lipinski definition) is 2. The Hall–Kier alpha value is -3.06. The van der Waals surface area contributed by atoms with Crippen LogP contribution in [-0.4, -0.2) is 43.4 Å². The van der Waals surface area contributed by atoms with Gasteiger partial charge in [-0.3, -0.25) is 0 Å². The molecule has 1 atom stereocenters. The number of halogens is 2. The highest BCUT2D eigenvalue weighted by Crippen LogP contribution is 2.34. The lowest BCUT2D eigenvalue weighted by molar-refractivity contribution is 0.296. The molecular weight excluding hydrogens is 555 g/mol. The SMILES string of the molecule is C.CC.N#Cc1ccc(Oc2cc(Cl)cc(Cl)c2)c(S(=O)(=O)N2CCNC(Cc3c[nH]c4ccccc34)C2)c1. The fourth-order valence-corrected chi connectivity index (χ4v) is 6.56. The van der Waals surface area contributed by atoms with Gasteiger partial charge in [0.05, 0.1) is 11.6 Å². The molecule has 0 bridgehead atoms. The minimum absolute atomic E-state index is 0. The first-order valence-electron chi connectivity index (χ1n) is 12.3. The monoisotopic (exact) mass is 586 g/mol. The number of rotatable bonds is 6. The Kier molecular flexibility index (Phi) is 10.4. The van der Waals surface area contributed by atoms with Gasteiger partial charge in [0.25, 0.3) is 0 Å². The molecule has 1 fully saturated rings. The molecule has 1 unspecified atom stereocenters. The van der Waals surface area contributed by atoms with Crippen molar-refractivity contribution in [2.45, 2.75) is 38.6 Å². The molecule has 3 aromatic carbocycles. The molecule has 1 aliphatic rings. The first kappa shape index (κ1) is 30.5. The van der Waals surface area contributed by atoms with Crippen molar-refractivity contribution in [2.24, 2.45) is 0 Å². The summed E-state index contributed by atoms with van der Waals surface area (Å²) in [6.45, 7) is 5.08. The topological polar surface area (TPSA) is 98.2 Å². The Morgan fingerprint density at radius 2 is 1.79 bits per heavy atom. The van der Waals surface area contributed by atoms with Gasteiger partial charge >= 0.3 is 0 Å². The van der Waals surface area contributed by atoms with Gasteiger partial charge in [0.15, 0.2) is 0 Å².